The standard InChI is InChI=1S/C10H13N5/c1-8-9(5-6-10(11)14-8)4-2-3-7-13-15-12/h2,4-6H,3,7H2,1H3,(H2,11,14). The topological polar surface area (TPSA) is 87.7 Å². The fourth-order valence-electron chi connectivity index (χ4n) is 1.15. The summed E-state index contributed by atoms with van der Waals surface area (Å²) in [6, 6.07) is 3.68. The van der Waals surface area contributed by atoms with E-state index in [0.717, 1.165) is 17.7 Å². The Kier molecular flexibility index (Phi) is 4.19. The van der Waals surface area contributed by atoms with E-state index in [1.165, 1.54) is 0 Å². The van der Waals surface area contributed by atoms with Crippen LogP contribution in [-0.4, -0.2) is 11.5 Å². The second kappa shape index (κ2) is 5.67. The summed E-state index contributed by atoms with van der Waals surface area (Å²) in [5.74, 6) is 0.527. The van der Waals surface area contributed by atoms with E-state index < -0.39 is 0 Å². The first-order valence-corrected chi connectivity index (χ1v) is 4.64. The van der Waals surface area contributed by atoms with Crippen LogP contribution in [0.1, 0.15) is 17.7 Å². The summed E-state index contributed by atoms with van der Waals surface area (Å²) in [5, 5.41) is 3.43. The maximum atomic E-state index is 8.07. The van der Waals surface area contributed by atoms with Crippen LogP contribution in [0, 0.1) is 6.92 Å². The van der Waals surface area contributed by atoms with Crippen molar-refractivity contribution in [1.29, 1.82) is 0 Å². The summed E-state index contributed by atoms with van der Waals surface area (Å²) in [7, 11) is 0. The zero-order valence-electron chi connectivity index (χ0n) is 8.59. The highest BCUT2D eigenvalue weighted by atomic mass is 15.1. The lowest BCUT2D eigenvalue weighted by Gasteiger charge is -1.99. The molecule has 0 aliphatic rings. The quantitative estimate of drug-likeness (QED) is 0.353. The Morgan fingerprint density at radius 2 is 2.40 bits per heavy atom. The number of hydrogen-bond donors (Lipinski definition) is 1. The molecule has 1 heterocycles. The first-order valence-electron chi connectivity index (χ1n) is 4.64. The minimum absolute atomic E-state index is 0.481. The summed E-state index contributed by atoms with van der Waals surface area (Å²) in [5.41, 5.74) is 15.5. The van der Waals surface area contributed by atoms with E-state index in [2.05, 4.69) is 15.0 Å². The molecule has 0 aliphatic carbocycles. The summed E-state index contributed by atoms with van der Waals surface area (Å²) >= 11 is 0. The van der Waals surface area contributed by atoms with Crippen LogP contribution in [0.2, 0.25) is 0 Å². The lowest BCUT2D eigenvalue weighted by Crippen LogP contribution is -1.93. The molecule has 0 saturated heterocycles. The molecular formula is C10H13N5. The van der Waals surface area contributed by atoms with Gasteiger partial charge in [-0.1, -0.05) is 17.3 Å². The number of rotatable bonds is 4. The summed E-state index contributed by atoms with van der Waals surface area (Å²) in [4.78, 5) is 6.80. The third-order valence-electron chi connectivity index (χ3n) is 1.90. The van der Waals surface area contributed by atoms with Gasteiger partial charge in [-0.05, 0) is 36.6 Å². The molecule has 2 N–H and O–H groups in total. The smallest absolute Gasteiger partial charge is 0.123 e. The Morgan fingerprint density at radius 3 is 3.07 bits per heavy atom. The van der Waals surface area contributed by atoms with E-state index in [-0.39, 0.29) is 0 Å². The van der Waals surface area contributed by atoms with E-state index in [1.54, 1.807) is 6.07 Å². The van der Waals surface area contributed by atoms with Gasteiger partial charge in [0, 0.05) is 17.2 Å². The van der Waals surface area contributed by atoms with E-state index >= 15 is 0 Å². The fraction of sp³-hybridized carbons (Fsp3) is 0.300. The average Bonchev–Trinajstić information content (AvgIpc) is 2.20. The molecule has 1 aromatic heterocycles. The van der Waals surface area contributed by atoms with Crippen molar-refractivity contribution in [3.05, 3.63) is 39.9 Å². The van der Waals surface area contributed by atoms with Gasteiger partial charge in [-0.2, -0.15) is 0 Å². The van der Waals surface area contributed by atoms with Crippen LogP contribution in [0.5, 0.6) is 0 Å². The molecule has 15 heavy (non-hydrogen) atoms. The van der Waals surface area contributed by atoms with Crippen molar-refractivity contribution in [2.24, 2.45) is 5.11 Å². The Balaban J connectivity index is 2.60. The summed E-state index contributed by atoms with van der Waals surface area (Å²) in [6.07, 6.45) is 4.64. The number of aromatic nitrogens is 1. The number of azide groups is 1. The van der Waals surface area contributed by atoms with Crippen molar-refractivity contribution >= 4 is 11.9 Å². The molecule has 78 valence electrons. The van der Waals surface area contributed by atoms with Crippen molar-refractivity contribution in [2.45, 2.75) is 13.3 Å². The number of anilines is 1. The molecular weight excluding hydrogens is 190 g/mol. The number of aryl methyl sites for hydroxylation is 1. The zero-order chi connectivity index (χ0) is 11.1. The minimum Gasteiger partial charge on any atom is -0.384 e. The zero-order valence-corrected chi connectivity index (χ0v) is 8.59. The van der Waals surface area contributed by atoms with Gasteiger partial charge in [0.2, 0.25) is 0 Å². The van der Waals surface area contributed by atoms with Gasteiger partial charge in [-0.3, -0.25) is 0 Å². The third-order valence-corrected chi connectivity index (χ3v) is 1.90. The lowest BCUT2D eigenvalue weighted by atomic mass is 10.2. The van der Waals surface area contributed by atoms with Crippen LogP contribution in [0.25, 0.3) is 16.5 Å². The molecule has 0 aliphatic heterocycles. The van der Waals surface area contributed by atoms with E-state index in [0.29, 0.717) is 12.4 Å². The first-order chi connectivity index (χ1) is 7.24. The van der Waals surface area contributed by atoms with Crippen LogP contribution >= 0.6 is 0 Å². The Labute approximate surface area is 88.3 Å². The number of nitrogens with two attached hydrogens (primary N) is 1. The molecule has 0 fully saturated rings. The molecule has 0 bridgehead atoms. The Morgan fingerprint density at radius 1 is 1.60 bits per heavy atom. The van der Waals surface area contributed by atoms with Crippen molar-refractivity contribution in [3.63, 3.8) is 0 Å². The molecule has 1 aromatic rings. The predicted molar refractivity (Wildman–Crippen MR) is 61.1 cm³/mol. The van der Waals surface area contributed by atoms with Gasteiger partial charge in [0.05, 0.1) is 0 Å². The van der Waals surface area contributed by atoms with Crippen LogP contribution < -0.4 is 5.73 Å². The van der Waals surface area contributed by atoms with Gasteiger partial charge >= 0.3 is 0 Å². The molecule has 0 radical (unpaired) electrons. The van der Waals surface area contributed by atoms with Crippen molar-refractivity contribution < 1.29 is 0 Å². The average molecular weight is 203 g/mol. The predicted octanol–water partition coefficient (Wildman–Crippen LogP) is 2.69. The lowest BCUT2D eigenvalue weighted by molar-refractivity contribution is 0.995. The molecule has 0 spiro atoms. The molecule has 0 amide bonds. The van der Waals surface area contributed by atoms with Gasteiger partial charge < -0.3 is 5.73 Å². The molecule has 1 rings (SSSR count). The minimum atomic E-state index is 0.481. The third kappa shape index (κ3) is 3.70. The largest absolute Gasteiger partial charge is 0.384 e. The highest BCUT2D eigenvalue weighted by Crippen LogP contribution is 2.10. The van der Waals surface area contributed by atoms with Crippen molar-refractivity contribution in [1.82, 2.24) is 4.98 Å². The number of hydrogen-bond acceptors (Lipinski definition) is 3. The maximum absolute atomic E-state index is 8.07. The van der Waals surface area contributed by atoms with E-state index in [9.17, 15) is 0 Å². The normalized spacial score (nSPS) is 10.2. The molecule has 5 heteroatoms. The molecule has 5 nitrogen and oxygen atoms in total. The monoisotopic (exact) mass is 203 g/mol. The van der Waals surface area contributed by atoms with Gasteiger partial charge in [-0.15, -0.1) is 0 Å². The van der Waals surface area contributed by atoms with E-state index in [4.69, 9.17) is 11.3 Å². The van der Waals surface area contributed by atoms with Crippen molar-refractivity contribution in [3.8, 4) is 0 Å². The highest BCUT2D eigenvalue weighted by Gasteiger charge is 1.94. The second-order valence-electron chi connectivity index (χ2n) is 3.06. The SMILES string of the molecule is Cc1nc(N)ccc1C=CCCN=[N+]=[N-]. The summed E-state index contributed by atoms with van der Waals surface area (Å²) < 4.78 is 0. The van der Waals surface area contributed by atoms with Gasteiger partial charge in [0.15, 0.2) is 0 Å². The van der Waals surface area contributed by atoms with E-state index in [1.807, 2.05) is 25.1 Å². The molecule has 0 unspecified atom stereocenters. The van der Waals surface area contributed by atoms with Crippen LogP contribution in [0.15, 0.2) is 23.3 Å². The fourth-order valence-corrected chi connectivity index (χ4v) is 1.15. The molecule has 0 aromatic carbocycles. The Hall–Kier alpha value is -2.00. The molecule has 0 atom stereocenters. The first kappa shape index (κ1) is 11.1. The van der Waals surface area contributed by atoms with Gasteiger partial charge in [-0.25, -0.2) is 4.98 Å². The summed E-state index contributed by atoms with van der Waals surface area (Å²) in [6.45, 7) is 2.39. The van der Waals surface area contributed by atoms with Crippen LogP contribution in [0.3, 0.4) is 0 Å². The van der Waals surface area contributed by atoms with Crippen LogP contribution in [0.4, 0.5) is 5.82 Å². The van der Waals surface area contributed by atoms with Crippen LogP contribution in [-0.2, 0) is 0 Å². The number of nitrogen functional groups attached to an aromatic ring is 1. The van der Waals surface area contributed by atoms with Crippen molar-refractivity contribution in [2.75, 3.05) is 12.3 Å². The van der Waals surface area contributed by atoms with Gasteiger partial charge in [0.25, 0.3) is 0 Å². The molecule has 0 saturated carbocycles. The van der Waals surface area contributed by atoms with Gasteiger partial charge in [0.1, 0.15) is 5.82 Å². The maximum Gasteiger partial charge on any atom is 0.123 e. The Bertz CT molecular complexity index is 404. The second-order valence-corrected chi connectivity index (χ2v) is 3.06. The number of nitrogens with zero attached hydrogens (tertiary/aromatic N) is 4. The highest BCUT2D eigenvalue weighted by molar-refractivity contribution is 5.53. The number of pyridine rings is 1.